The second-order valence-corrected chi connectivity index (χ2v) is 6.65. The zero-order valence-corrected chi connectivity index (χ0v) is 12.5. The molecule has 0 fully saturated rings. The number of aliphatic hydroxyl groups is 1. The van der Waals surface area contributed by atoms with Gasteiger partial charge in [-0.25, -0.2) is 4.39 Å². The highest BCUT2D eigenvalue weighted by Crippen LogP contribution is 2.36. The fourth-order valence-electron chi connectivity index (χ4n) is 1.71. The summed E-state index contributed by atoms with van der Waals surface area (Å²) in [7, 11) is 0. The molecule has 0 aliphatic rings. The molecule has 2 aromatic rings. The Bertz CT molecular complexity index is 616. The molecule has 1 heterocycles. The van der Waals surface area contributed by atoms with Crippen molar-refractivity contribution in [3.8, 4) is 0 Å². The van der Waals surface area contributed by atoms with Crippen LogP contribution in [0.5, 0.6) is 0 Å². The van der Waals surface area contributed by atoms with E-state index in [4.69, 9.17) is 0 Å². The lowest BCUT2D eigenvalue weighted by molar-refractivity contribution is -0.140. The van der Waals surface area contributed by atoms with Gasteiger partial charge in [0.2, 0.25) is 0 Å². The van der Waals surface area contributed by atoms with Crippen LogP contribution >= 0.6 is 27.3 Å². The van der Waals surface area contributed by atoms with Crippen LogP contribution in [0.25, 0.3) is 0 Å². The highest BCUT2D eigenvalue weighted by molar-refractivity contribution is 9.11. The first kappa shape index (κ1) is 15.5. The van der Waals surface area contributed by atoms with E-state index in [2.05, 4.69) is 15.9 Å². The lowest BCUT2D eigenvalue weighted by Crippen LogP contribution is -2.09. The van der Waals surface area contributed by atoms with Crippen molar-refractivity contribution in [1.82, 2.24) is 0 Å². The van der Waals surface area contributed by atoms with Crippen LogP contribution < -0.4 is 0 Å². The lowest BCUT2D eigenvalue weighted by Gasteiger charge is -2.12. The van der Waals surface area contributed by atoms with Gasteiger partial charge >= 0.3 is 6.18 Å². The van der Waals surface area contributed by atoms with E-state index < -0.39 is 23.7 Å². The largest absolute Gasteiger partial charge is 0.419 e. The monoisotopic (exact) mass is 368 g/mol. The van der Waals surface area contributed by atoms with E-state index in [1.165, 1.54) is 11.3 Å². The van der Waals surface area contributed by atoms with Gasteiger partial charge in [0, 0.05) is 4.88 Å². The molecule has 7 heteroatoms. The summed E-state index contributed by atoms with van der Waals surface area (Å²) in [5.41, 5.74) is -0.349. The van der Waals surface area contributed by atoms with Crippen molar-refractivity contribution in [3.63, 3.8) is 0 Å². The van der Waals surface area contributed by atoms with Crippen LogP contribution in [-0.4, -0.2) is 5.11 Å². The maximum atomic E-state index is 13.5. The summed E-state index contributed by atoms with van der Waals surface area (Å²) in [6.07, 6.45) is -5.89. The molecule has 108 valence electrons. The van der Waals surface area contributed by atoms with Crippen LogP contribution in [0.3, 0.4) is 0 Å². The molecule has 1 atom stereocenters. The molecular formula is C13H9BrF4OS. The van der Waals surface area contributed by atoms with Gasteiger partial charge in [-0.3, -0.25) is 0 Å². The molecule has 1 aromatic carbocycles. The van der Waals surface area contributed by atoms with Gasteiger partial charge in [-0.15, -0.1) is 11.3 Å². The predicted octanol–water partition coefficient (Wildman–Crippen LogP) is 5.06. The van der Waals surface area contributed by atoms with Gasteiger partial charge < -0.3 is 5.11 Å². The van der Waals surface area contributed by atoms with Gasteiger partial charge in [0.25, 0.3) is 0 Å². The van der Waals surface area contributed by atoms with E-state index in [-0.39, 0.29) is 5.56 Å². The third-order valence-corrected chi connectivity index (χ3v) is 4.95. The molecule has 1 N–H and O–H groups in total. The molecule has 0 saturated carbocycles. The van der Waals surface area contributed by atoms with E-state index in [1.54, 1.807) is 6.07 Å². The van der Waals surface area contributed by atoms with Gasteiger partial charge in [0.1, 0.15) is 11.9 Å². The highest BCUT2D eigenvalue weighted by atomic mass is 79.9. The van der Waals surface area contributed by atoms with Crippen LogP contribution in [0.2, 0.25) is 0 Å². The van der Waals surface area contributed by atoms with Crippen LogP contribution in [0, 0.1) is 12.7 Å². The van der Waals surface area contributed by atoms with E-state index in [0.29, 0.717) is 10.9 Å². The predicted molar refractivity (Wildman–Crippen MR) is 72.2 cm³/mol. The van der Waals surface area contributed by atoms with Crippen molar-refractivity contribution in [3.05, 3.63) is 55.4 Å². The molecule has 1 aromatic heterocycles. The summed E-state index contributed by atoms with van der Waals surface area (Å²) in [5, 5.41) is 10.1. The van der Waals surface area contributed by atoms with E-state index in [0.717, 1.165) is 21.5 Å². The van der Waals surface area contributed by atoms with Crippen LogP contribution in [0.1, 0.15) is 27.7 Å². The standard InChI is InChI=1S/C13H9BrF4OS/c1-6-4-10(20-12(6)14)11(19)7-2-3-8(9(15)5-7)13(16,17)18/h2-5,11,19H,1H3. The Labute approximate surface area is 125 Å². The van der Waals surface area contributed by atoms with Crippen molar-refractivity contribution in [2.24, 2.45) is 0 Å². The van der Waals surface area contributed by atoms with Gasteiger partial charge in [-0.05, 0) is 52.2 Å². The number of hydrogen-bond acceptors (Lipinski definition) is 2. The zero-order valence-electron chi connectivity index (χ0n) is 10.1. The second-order valence-electron chi connectivity index (χ2n) is 4.25. The number of halogens is 5. The topological polar surface area (TPSA) is 20.2 Å². The number of aliphatic hydroxyl groups excluding tert-OH is 1. The fraction of sp³-hybridized carbons (Fsp3) is 0.231. The number of aryl methyl sites for hydroxylation is 1. The summed E-state index contributed by atoms with van der Waals surface area (Å²) in [6.45, 7) is 1.82. The third-order valence-electron chi connectivity index (χ3n) is 2.76. The normalized spacial score (nSPS) is 13.6. The Kier molecular flexibility index (Phi) is 4.22. The number of benzene rings is 1. The van der Waals surface area contributed by atoms with Gasteiger partial charge in [0.05, 0.1) is 9.35 Å². The van der Waals surface area contributed by atoms with Crippen molar-refractivity contribution < 1.29 is 22.7 Å². The van der Waals surface area contributed by atoms with Crippen molar-refractivity contribution in [2.45, 2.75) is 19.2 Å². The quantitative estimate of drug-likeness (QED) is 0.734. The Morgan fingerprint density at radius 3 is 2.35 bits per heavy atom. The van der Waals surface area contributed by atoms with E-state index in [9.17, 15) is 22.7 Å². The second kappa shape index (κ2) is 5.46. The maximum absolute atomic E-state index is 13.5. The minimum atomic E-state index is -4.74. The molecule has 0 spiro atoms. The Hall–Kier alpha value is -0.920. The minimum Gasteiger partial charge on any atom is -0.383 e. The molecule has 0 bridgehead atoms. The van der Waals surface area contributed by atoms with Crippen molar-refractivity contribution >= 4 is 27.3 Å². The molecule has 1 nitrogen and oxygen atoms in total. The number of rotatable bonds is 2. The number of thiophene rings is 1. The summed E-state index contributed by atoms with van der Waals surface area (Å²) in [5.74, 6) is -1.39. The SMILES string of the molecule is Cc1cc(C(O)c2ccc(C(F)(F)F)c(F)c2)sc1Br. The van der Waals surface area contributed by atoms with Crippen molar-refractivity contribution in [2.75, 3.05) is 0 Å². The van der Waals surface area contributed by atoms with E-state index >= 15 is 0 Å². The molecule has 0 aliphatic heterocycles. The van der Waals surface area contributed by atoms with Crippen LogP contribution in [0.4, 0.5) is 17.6 Å². The first-order valence-corrected chi connectivity index (χ1v) is 7.11. The molecule has 0 aliphatic carbocycles. The van der Waals surface area contributed by atoms with Crippen molar-refractivity contribution in [1.29, 1.82) is 0 Å². The maximum Gasteiger partial charge on any atom is 0.419 e. The Morgan fingerprint density at radius 2 is 1.90 bits per heavy atom. The molecular weight excluding hydrogens is 360 g/mol. The molecule has 0 saturated heterocycles. The van der Waals surface area contributed by atoms with Crippen LogP contribution in [-0.2, 0) is 6.18 Å². The Morgan fingerprint density at radius 1 is 1.25 bits per heavy atom. The summed E-state index contributed by atoms with van der Waals surface area (Å²) in [4.78, 5) is 0.536. The molecule has 20 heavy (non-hydrogen) atoms. The summed E-state index contributed by atoms with van der Waals surface area (Å²) < 4.78 is 51.7. The molecule has 0 amide bonds. The van der Waals surface area contributed by atoms with Gasteiger partial charge in [-0.1, -0.05) is 6.07 Å². The lowest BCUT2D eigenvalue weighted by atomic mass is 10.0. The van der Waals surface area contributed by atoms with Gasteiger partial charge in [0.15, 0.2) is 0 Å². The molecule has 0 radical (unpaired) electrons. The molecule has 2 rings (SSSR count). The van der Waals surface area contributed by atoms with Crippen LogP contribution in [0.15, 0.2) is 28.1 Å². The Balaban J connectivity index is 2.36. The zero-order chi connectivity index (χ0) is 15.1. The average molecular weight is 369 g/mol. The average Bonchev–Trinajstić information content (AvgIpc) is 2.67. The fourth-order valence-corrected chi connectivity index (χ4v) is 3.30. The highest BCUT2D eigenvalue weighted by Gasteiger charge is 2.34. The smallest absolute Gasteiger partial charge is 0.383 e. The third kappa shape index (κ3) is 3.05. The summed E-state index contributed by atoms with van der Waals surface area (Å²) >= 11 is 4.55. The first-order valence-electron chi connectivity index (χ1n) is 5.50. The van der Waals surface area contributed by atoms with E-state index in [1.807, 2.05) is 6.92 Å². The minimum absolute atomic E-state index is 0.0873. The summed E-state index contributed by atoms with van der Waals surface area (Å²) in [6, 6.07) is 4.15. The molecule has 1 unspecified atom stereocenters. The number of hydrogen-bond donors (Lipinski definition) is 1. The van der Waals surface area contributed by atoms with Gasteiger partial charge in [-0.2, -0.15) is 13.2 Å². The first-order chi connectivity index (χ1) is 9.20. The number of alkyl halides is 3.